The highest BCUT2D eigenvalue weighted by atomic mass is 35.5. The number of hydrogen-bond acceptors (Lipinski definition) is 4. The average Bonchev–Trinajstić information content (AvgIpc) is 2.65. The number of likely N-dealkylation sites (tertiary alicyclic amines) is 1. The minimum atomic E-state index is -0.0539. The number of carbonyl (C=O) groups is 1. The lowest BCUT2D eigenvalue weighted by molar-refractivity contribution is 0.0905. The molecule has 138 valence electrons. The first-order valence-electron chi connectivity index (χ1n) is 8.87. The maximum absolute atomic E-state index is 12.3. The molecule has 1 saturated heterocycles. The Bertz CT molecular complexity index is 728. The molecule has 0 bridgehead atoms. The Morgan fingerprint density at radius 1 is 1.19 bits per heavy atom. The Hall–Kier alpha value is -2.24. The zero-order valence-corrected chi connectivity index (χ0v) is 15.4. The number of nitrogens with one attached hydrogen (secondary N) is 1. The molecule has 1 fully saturated rings. The van der Waals surface area contributed by atoms with E-state index in [1.807, 2.05) is 24.3 Å². The maximum atomic E-state index is 12.3. The van der Waals surface area contributed by atoms with Gasteiger partial charge in [-0.3, -0.25) is 9.69 Å². The summed E-state index contributed by atoms with van der Waals surface area (Å²) in [5, 5.41) is 3.81. The number of amides is 1. The largest absolute Gasteiger partial charge is 0.492 e. The number of ether oxygens (including phenoxy) is 1. The van der Waals surface area contributed by atoms with Crippen LogP contribution in [-0.4, -0.2) is 43.1 Å². The second-order valence-corrected chi connectivity index (χ2v) is 6.95. The molecule has 0 spiro atoms. The van der Waals surface area contributed by atoms with Crippen LogP contribution in [0.2, 0.25) is 5.02 Å². The van der Waals surface area contributed by atoms with Crippen LogP contribution in [0.1, 0.15) is 23.2 Å². The SMILES string of the molecule is Nc1cccc(C(=O)NC2CCN(CCOc3ccc(Cl)cc3)CC2)c1. The van der Waals surface area contributed by atoms with E-state index < -0.39 is 0 Å². The van der Waals surface area contributed by atoms with Crippen molar-refractivity contribution in [1.82, 2.24) is 10.2 Å². The summed E-state index contributed by atoms with van der Waals surface area (Å²) in [6, 6.07) is 14.7. The fourth-order valence-electron chi connectivity index (χ4n) is 3.07. The summed E-state index contributed by atoms with van der Waals surface area (Å²) >= 11 is 5.86. The van der Waals surface area contributed by atoms with Gasteiger partial charge in [0.2, 0.25) is 0 Å². The lowest BCUT2D eigenvalue weighted by Gasteiger charge is -2.32. The number of rotatable bonds is 6. The number of nitrogens with two attached hydrogens (primary N) is 1. The third kappa shape index (κ3) is 5.38. The van der Waals surface area contributed by atoms with Gasteiger partial charge in [0, 0.05) is 41.9 Å². The number of halogens is 1. The van der Waals surface area contributed by atoms with E-state index in [0.717, 1.165) is 38.2 Å². The molecule has 5 nitrogen and oxygen atoms in total. The van der Waals surface area contributed by atoms with Crippen molar-refractivity contribution in [2.24, 2.45) is 0 Å². The molecule has 1 aliphatic heterocycles. The summed E-state index contributed by atoms with van der Waals surface area (Å²) in [6.45, 7) is 3.41. The molecule has 6 heteroatoms. The van der Waals surface area contributed by atoms with Crippen molar-refractivity contribution in [3.05, 3.63) is 59.1 Å². The van der Waals surface area contributed by atoms with E-state index in [9.17, 15) is 4.79 Å². The summed E-state index contributed by atoms with van der Waals surface area (Å²) in [5.74, 6) is 0.778. The van der Waals surface area contributed by atoms with Gasteiger partial charge in [-0.05, 0) is 55.3 Å². The second-order valence-electron chi connectivity index (χ2n) is 6.52. The van der Waals surface area contributed by atoms with Crippen LogP contribution in [0.3, 0.4) is 0 Å². The molecule has 1 amide bonds. The first-order chi connectivity index (χ1) is 12.6. The first kappa shape index (κ1) is 18.5. The van der Waals surface area contributed by atoms with E-state index >= 15 is 0 Å². The minimum Gasteiger partial charge on any atom is -0.492 e. The van der Waals surface area contributed by atoms with Crippen LogP contribution in [0.5, 0.6) is 5.75 Å². The van der Waals surface area contributed by atoms with Gasteiger partial charge in [-0.15, -0.1) is 0 Å². The van der Waals surface area contributed by atoms with E-state index in [1.165, 1.54) is 0 Å². The van der Waals surface area contributed by atoms with Gasteiger partial charge >= 0.3 is 0 Å². The second kappa shape index (κ2) is 8.92. The highest BCUT2D eigenvalue weighted by Gasteiger charge is 2.21. The molecule has 2 aromatic rings. The first-order valence-corrected chi connectivity index (χ1v) is 9.25. The molecule has 0 radical (unpaired) electrons. The monoisotopic (exact) mass is 373 g/mol. The Labute approximate surface area is 159 Å². The Balaban J connectivity index is 1.37. The molecule has 26 heavy (non-hydrogen) atoms. The zero-order valence-electron chi connectivity index (χ0n) is 14.7. The molecular formula is C20H24ClN3O2. The summed E-state index contributed by atoms with van der Waals surface area (Å²) in [4.78, 5) is 14.7. The fraction of sp³-hybridized carbons (Fsp3) is 0.350. The van der Waals surface area contributed by atoms with Gasteiger partial charge in [0.25, 0.3) is 5.91 Å². The molecule has 2 aromatic carbocycles. The van der Waals surface area contributed by atoms with Crippen molar-refractivity contribution in [3.8, 4) is 5.75 Å². The van der Waals surface area contributed by atoms with Crippen LogP contribution in [0.25, 0.3) is 0 Å². The van der Waals surface area contributed by atoms with Gasteiger partial charge in [0.15, 0.2) is 0 Å². The minimum absolute atomic E-state index is 0.0539. The van der Waals surface area contributed by atoms with Crippen LogP contribution in [-0.2, 0) is 0 Å². The number of carbonyl (C=O) groups excluding carboxylic acids is 1. The molecule has 1 aliphatic rings. The summed E-state index contributed by atoms with van der Waals surface area (Å²) < 4.78 is 5.74. The lowest BCUT2D eigenvalue weighted by Crippen LogP contribution is -2.45. The molecule has 0 atom stereocenters. The standard InChI is InChI=1S/C20H24ClN3O2/c21-16-4-6-19(7-5-16)26-13-12-24-10-8-18(9-11-24)23-20(25)15-2-1-3-17(22)14-15/h1-7,14,18H,8-13,22H2,(H,23,25). The van der Waals surface area contributed by atoms with Crippen molar-refractivity contribution in [3.63, 3.8) is 0 Å². The quantitative estimate of drug-likeness (QED) is 0.763. The summed E-state index contributed by atoms with van der Waals surface area (Å²) in [7, 11) is 0. The van der Waals surface area contributed by atoms with Crippen LogP contribution in [0.15, 0.2) is 48.5 Å². The average molecular weight is 374 g/mol. The van der Waals surface area contributed by atoms with Gasteiger partial charge in [-0.25, -0.2) is 0 Å². The van der Waals surface area contributed by atoms with Crippen molar-refractivity contribution in [1.29, 1.82) is 0 Å². The van der Waals surface area contributed by atoms with E-state index in [2.05, 4.69) is 10.2 Å². The number of nitrogen functional groups attached to an aromatic ring is 1. The normalized spacial score (nSPS) is 15.6. The van der Waals surface area contributed by atoms with Crippen molar-refractivity contribution in [2.45, 2.75) is 18.9 Å². The van der Waals surface area contributed by atoms with E-state index in [1.54, 1.807) is 24.3 Å². The molecule has 0 aliphatic carbocycles. The third-order valence-electron chi connectivity index (χ3n) is 4.56. The van der Waals surface area contributed by atoms with Crippen LogP contribution in [0.4, 0.5) is 5.69 Å². The number of anilines is 1. The molecule has 0 saturated carbocycles. The van der Waals surface area contributed by atoms with Crippen molar-refractivity contribution in [2.75, 3.05) is 32.0 Å². The van der Waals surface area contributed by atoms with E-state index in [4.69, 9.17) is 22.1 Å². The molecule has 0 aromatic heterocycles. The van der Waals surface area contributed by atoms with Crippen LogP contribution < -0.4 is 15.8 Å². The van der Waals surface area contributed by atoms with Gasteiger partial charge < -0.3 is 15.8 Å². The van der Waals surface area contributed by atoms with Gasteiger partial charge in [0.05, 0.1) is 0 Å². The van der Waals surface area contributed by atoms with Crippen LogP contribution >= 0.6 is 11.6 Å². The lowest BCUT2D eigenvalue weighted by atomic mass is 10.0. The molecule has 0 unspecified atom stereocenters. The fourth-order valence-corrected chi connectivity index (χ4v) is 3.20. The Kier molecular flexibility index (Phi) is 6.36. The number of hydrogen-bond donors (Lipinski definition) is 2. The third-order valence-corrected chi connectivity index (χ3v) is 4.81. The Morgan fingerprint density at radius 3 is 2.62 bits per heavy atom. The predicted octanol–water partition coefficient (Wildman–Crippen LogP) is 3.20. The molecular weight excluding hydrogens is 350 g/mol. The molecule has 3 N–H and O–H groups in total. The zero-order chi connectivity index (χ0) is 18.4. The van der Waals surface area contributed by atoms with Crippen molar-refractivity contribution < 1.29 is 9.53 Å². The smallest absolute Gasteiger partial charge is 0.251 e. The van der Waals surface area contributed by atoms with Crippen LogP contribution in [0, 0.1) is 0 Å². The number of nitrogens with zero attached hydrogens (tertiary/aromatic N) is 1. The molecule has 1 heterocycles. The summed E-state index contributed by atoms with van der Waals surface area (Å²) in [5.41, 5.74) is 6.96. The highest BCUT2D eigenvalue weighted by Crippen LogP contribution is 2.16. The topological polar surface area (TPSA) is 67.6 Å². The highest BCUT2D eigenvalue weighted by molar-refractivity contribution is 6.30. The van der Waals surface area contributed by atoms with E-state index in [0.29, 0.717) is 22.9 Å². The maximum Gasteiger partial charge on any atom is 0.251 e. The van der Waals surface area contributed by atoms with Gasteiger partial charge in [-0.1, -0.05) is 17.7 Å². The predicted molar refractivity (Wildman–Crippen MR) is 105 cm³/mol. The van der Waals surface area contributed by atoms with Gasteiger partial charge in [-0.2, -0.15) is 0 Å². The number of piperidine rings is 1. The van der Waals surface area contributed by atoms with Crippen molar-refractivity contribution >= 4 is 23.2 Å². The summed E-state index contributed by atoms with van der Waals surface area (Å²) in [6.07, 6.45) is 1.88. The van der Waals surface area contributed by atoms with E-state index in [-0.39, 0.29) is 11.9 Å². The van der Waals surface area contributed by atoms with Gasteiger partial charge in [0.1, 0.15) is 12.4 Å². The Morgan fingerprint density at radius 2 is 1.92 bits per heavy atom. The molecule has 3 rings (SSSR count). The number of benzene rings is 2.